The lowest BCUT2D eigenvalue weighted by Crippen LogP contribution is -2.39. The highest BCUT2D eigenvalue weighted by atomic mass is 32.1. The minimum Gasteiger partial charge on any atom is -0.353 e. The lowest BCUT2D eigenvalue weighted by Gasteiger charge is -2.29. The van der Waals surface area contributed by atoms with E-state index in [-0.39, 0.29) is 24.1 Å². The summed E-state index contributed by atoms with van der Waals surface area (Å²) in [6.07, 6.45) is 1.63. The molecule has 1 N–H and O–H groups in total. The molecule has 0 unspecified atom stereocenters. The minimum absolute atomic E-state index is 0.0499. The Hall–Kier alpha value is -1.92. The third kappa shape index (κ3) is 4.77. The molecule has 0 radical (unpaired) electrons. The number of carbonyl (C=O) groups is 1. The lowest BCUT2D eigenvalue weighted by atomic mass is 10.1. The zero-order valence-electron chi connectivity index (χ0n) is 13.6. The van der Waals surface area contributed by atoms with Gasteiger partial charge in [0, 0.05) is 18.8 Å². The average molecular weight is 333 g/mol. The van der Waals surface area contributed by atoms with Crippen molar-refractivity contribution in [2.24, 2.45) is 0 Å². The van der Waals surface area contributed by atoms with Crippen LogP contribution in [-0.2, 0) is 11.3 Å². The molecule has 0 aliphatic carbocycles. The SMILES string of the molecule is CCN(CC)[C@H](CNC(=O)Cn1ccccc1=O)c1ccsc1. The van der Waals surface area contributed by atoms with Gasteiger partial charge in [0.2, 0.25) is 5.91 Å². The number of pyridine rings is 1. The number of nitrogens with zero attached hydrogens (tertiary/aromatic N) is 2. The van der Waals surface area contributed by atoms with Crippen molar-refractivity contribution in [3.8, 4) is 0 Å². The van der Waals surface area contributed by atoms with Crippen molar-refractivity contribution in [2.45, 2.75) is 26.4 Å². The number of thiophene rings is 1. The van der Waals surface area contributed by atoms with E-state index < -0.39 is 0 Å². The van der Waals surface area contributed by atoms with Crippen LogP contribution >= 0.6 is 11.3 Å². The standard InChI is InChI=1S/C17H23N3O2S/c1-3-19(4-2)15(14-8-10-23-13-14)11-18-16(21)12-20-9-6-5-7-17(20)22/h5-10,13,15H,3-4,11-12H2,1-2H3,(H,18,21)/t15-/m1/s1. The summed E-state index contributed by atoms with van der Waals surface area (Å²) in [4.78, 5) is 26.1. The number of hydrogen-bond acceptors (Lipinski definition) is 4. The van der Waals surface area contributed by atoms with E-state index in [9.17, 15) is 9.59 Å². The summed E-state index contributed by atoms with van der Waals surface area (Å²) in [6.45, 7) is 6.67. The van der Waals surface area contributed by atoms with E-state index in [1.54, 1.807) is 29.7 Å². The quantitative estimate of drug-likeness (QED) is 0.805. The lowest BCUT2D eigenvalue weighted by molar-refractivity contribution is -0.122. The Bertz CT molecular complexity index is 662. The van der Waals surface area contributed by atoms with Gasteiger partial charge in [0.05, 0.1) is 6.04 Å². The second kappa shape index (κ2) is 8.64. The van der Waals surface area contributed by atoms with Crippen LogP contribution in [0.3, 0.4) is 0 Å². The van der Waals surface area contributed by atoms with Gasteiger partial charge in [-0.2, -0.15) is 11.3 Å². The first kappa shape index (κ1) is 17.4. The maximum atomic E-state index is 12.2. The van der Waals surface area contributed by atoms with E-state index >= 15 is 0 Å². The number of likely N-dealkylation sites (N-methyl/N-ethyl adjacent to an activating group) is 1. The van der Waals surface area contributed by atoms with Gasteiger partial charge in [0.25, 0.3) is 5.56 Å². The third-order valence-corrected chi connectivity index (χ3v) is 4.59. The number of hydrogen-bond donors (Lipinski definition) is 1. The molecule has 1 atom stereocenters. The molecule has 2 rings (SSSR count). The van der Waals surface area contributed by atoms with E-state index in [0.29, 0.717) is 6.54 Å². The molecule has 2 aromatic heterocycles. The highest BCUT2D eigenvalue weighted by molar-refractivity contribution is 7.07. The van der Waals surface area contributed by atoms with Crippen LogP contribution < -0.4 is 10.9 Å². The average Bonchev–Trinajstić information content (AvgIpc) is 3.08. The Morgan fingerprint density at radius 2 is 2.09 bits per heavy atom. The zero-order chi connectivity index (χ0) is 16.7. The molecule has 0 saturated heterocycles. The summed E-state index contributed by atoms with van der Waals surface area (Å²) in [5, 5.41) is 7.13. The molecule has 0 saturated carbocycles. The van der Waals surface area contributed by atoms with Gasteiger partial charge in [0.15, 0.2) is 0 Å². The Morgan fingerprint density at radius 3 is 2.70 bits per heavy atom. The first-order valence-electron chi connectivity index (χ1n) is 7.84. The van der Waals surface area contributed by atoms with Crippen LogP contribution in [0, 0.1) is 0 Å². The summed E-state index contributed by atoms with van der Waals surface area (Å²) in [7, 11) is 0. The smallest absolute Gasteiger partial charge is 0.250 e. The van der Waals surface area contributed by atoms with E-state index in [1.807, 2.05) is 0 Å². The van der Waals surface area contributed by atoms with Gasteiger partial charge < -0.3 is 9.88 Å². The molecule has 23 heavy (non-hydrogen) atoms. The molecular weight excluding hydrogens is 310 g/mol. The second-order valence-electron chi connectivity index (χ2n) is 5.26. The van der Waals surface area contributed by atoms with Crippen LogP contribution in [0.25, 0.3) is 0 Å². The van der Waals surface area contributed by atoms with E-state index in [2.05, 4.69) is 40.9 Å². The number of aromatic nitrogens is 1. The highest BCUT2D eigenvalue weighted by Crippen LogP contribution is 2.22. The van der Waals surface area contributed by atoms with Gasteiger partial charge in [-0.05, 0) is 41.5 Å². The van der Waals surface area contributed by atoms with Crippen LogP contribution in [0.2, 0.25) is 0 Å². The van der Waals surface area contributed by atoms with Crippen molar-refractivity contribution in [3.05, 3.63) is 57.1 Å². The molecule has 0 aliphatic heterocycles. The minimum atomic E-state index is -0.166. The first-order chi connectivity index (χ1) is 11.2. The van der Waals surface area contributed by atoms with Gasteiger partial charge in [-0.25, -0.2) is 0 Å². The Kier molecular flexibility index (Phi) is 6.55. The number of carbonyl (C=O) groups excluding carboxylic acids is 1. The molecule has 1 amide bonds. The Labute approximate surface area is 140 Å². The third-order valence-electron chi connectivity index (χ3n) is 3.89. The van der Waals surface area contributed by atoms with Gasteiger partial charge in [0.1, 0.15) is 6.54 Å². The molecule has 5 nitrogen and oxygen atoms in total. The fourth-order valence-electron chi connectivity index (χ4n) is 2.60. The van der Waals surface area contributed by atoms with Gasteiger partial charge in [-0.1, -0.05) is 19.9 Å². The fourth-order valence-corrected chi connectivity index (χ4v) is 3.31. The molecule has 6 heteroatoms. The molecule has 124 valence electrons. The Morgan fingerprint density at radius 1 is 1.30 bits per heavy atom. The van der Waals surface area contributed by atoms with Crippen LogP contribution in [-0.4, -0.2) is 35.0 Å². The van der Waals surface area contributed by atoms with Crippen LogP contribution in [0.5, 0.6) is 0 Å². The first-order valence-corrected chi connectivity index (χ1v) is 8.78. The van der Waals surface area contributed by atoms with E-state index in [1.165, 1.54) is 16.2 Å². The van der Waals surface area contributed by atoms with Crippen molar-refractivity contribution >= 4 is 17.2 Å². The summed E-state index contributed by atoms with van der Waals surface area (Å²) in [5.74, 6) is -0.148. The fraction of sp³-hybridized carbons (Fsp3) is 0.412. The van der Waals surface area contributed by atoms with Crippen molar-refractivity contribution < 1.29 is 4.79 Å². The Balaban J connectivity index is 1.99. The van der Waals surface area contributed by atoms with Crippen molar-refractivity contribution in [1.82, 2.24) is 14.8 Å². The predicted molar refractivity (Wildman–Crippen MR) is 93.7 cm³/mol. The second-order valence-corrected chi connectivity index (χ2v) is 6.04. The van der Waals surface area contributed by atoms with Gasteiger partial charge in [-0.3, -0.25) is 14.5 Å². The summed E-state index contributed by atoms with van der Waals surface area (Å²) in [6, 6.07) is 7.13. The molecule has 0 aliphatic rings. The molecule has 2 heterocycles. The number of amides is 1. The maximum Gasteiger partial charge on any atom is 0.250 e. The van der Waals surface area contributed by atoms with Crippen LogP contribution in [0.4, 0.5) is 0 Å². The van der Waals surface area contributed by atoms with E-state index in [4.69, 9.17) is 0 Å². The van der Waals surface area contributed by atoms with Gasteiger partial charge in [-0.15, -0.1) is 0 Å². The molecule has 2 aromatic rings. The van der Waals surface area contributed by atoms with E-state index in [0.717, 1.165) is 13.1 Å². The summed E-state index contributed by atoms with van der Waals surface area (Å²) >= 11 is 1.66. The highest BCUT2D eigenvalue weighted by Gasteiger charge is 2.19. The van der Waals surface area contributed by atoms with Crippen molar-refractivity contribution in [3.63, 3.8) is 0 Å². The largest absolute Gasteiger partial charge is 0.353 e. The molecule has 0 fully saturated rings. The monoisotopic (exact) mass is 333 g/mol. The summed E-state index contributed by atoms with van der Waals surface area (Å²) in [5.41, 5.74) is 1.05. The number of rotatable bonds is 8. The summed E-state index contributed by atoms with van der Waals surface area (Å²) < 4.78 is 1.41. The number of nitrogens with one attached hydrogen (secondary N) is 1. The topological polar surface area (TPSA) is 54.3 Å². The van der Waals surface area contributed by atoms with Crippen molar-refractivity contribution in [1.29, 1.82) is 0 Å². The van der Waals surface area contributed by atoms with Crippen LogP contribution in [0.1, 0.15) is 25.5 Å². The maximum absolute atomic E-state index is 12.2. The van der Waals surface area contributed by atoms with Gasteiger partial charge >= 0.3 is 0 Å². The molecule has 0 bridgehead atoms. The zero-order valence-corrected chi connectivity index (χ0v) is 14.4. The molecule has 0 spiro atoms. The normalized spacial score (nSPS) is 12.3. The molecule has 0 aromatic carbocycles. The van der Waals surface area contributed by atoms with Crippen LogP contribution in [0.15, 0.2) is 46.0 Å². The van der Waals surface area contributed by atoms with Crippen molar-refractivity contribution in [2.75, 3.05) is 19.6 Å². The predicted octanol–water partition coefficient (Wildman–Crippen LogP) is 2.11. The molecular formula is C17H23N3O2S.